The van der Waals surface area contributed by atoms with Crippen molar-refractivity contribution in [3.05, 3.63) is 47.5 Å². The molecule has 0 aromatic heterocycles. The summed E-state index contributed by atoms with van der Waals surface area (Å²) < 4.78 is 36.4. The number of rotatable bonds is 2. The second kappa shape index (κ2) is 4.49. The SMILES string of the molecule is C/C(=C\C(O)c1ccccc1)C(F)(F)F. The zero-order valence-corrected chi connectivity index (χ0v) is 8.12. The number of hydrogen-bond donors (Lipinski definition) is 1. The summed E-state index contributed by atoms with van der Waals surface area (Å²) in [6, 6.07) is 8.21. The van der Waals surface area contributed by atoms with Crippen LogP contribution in [0.3, 0.4) is 0 Å². The van der Waals surface area contributed by atoms with Crippen LogP contribution in [-0.2, 0) is 0 Å². The number of halogens is 3. The second-order valence-corrected chi connectivity index (χ2v) is 3.20. The lowest BCUT2D eigenvalue weighted by atomic mass is 10.1. The summed E-state index contributed by atoms with van der Waals surface area (Å²) in [5, 5.41) is 9.48. The van der Waals surface area contributed by atoms with Gasteiger partial charge in [0.25, 0.3) is 0 Å². The summed E-state index contributed by atoms with van der Waals surface area (Å²) in [6.07, 6.45) is -4.79. The van der Waals surface area contributed by atoms with E-state index in [1.807, 2.05) is 0 Å². The Morgan fingerprint density at radius 2 is 1.80 bits per heavy atom. The molecule has 1 aromatic carbocycles. The van der Waals surface area contributed by atoms with E-state index >= 15 is 0 Å². The van der Waals surface area contributed by atoms with Crippen LogP contribution in [0.25, 0.3) is 0 Å². The van der Waals surface area contributed by atoms with Crippen molar-refractivity contribution in [1.82, 2.24) is 0 Å². The van der Waals surface area contributed by atoms with Crippen LogP contribution in [0.5, 0.6) is 0 Å². The third-order valence-electron chi connectivity index (χ3n) is 2.00. The third-order valence-corrected chi connectivity index (χ3v) is 2.00. The van der Waals surface area contributed by atoms with Gasteiger partial charge in [-0.2, -0.15) is 13.2 Å². The minimum atomic E-state index is -4.38. The molecule has 1 unspecified atom stereocenters. The Hall–Kier alpha value is -1.29. The maximum Gasteiger partial charge on any atom is 0.412 e. The average Bonchev–Trinajstić information content (AvgIpc) is 2.17. The summed E-state index contributed by atoms with van der Waals surface area (Å²) in [7, 11) is 0. The van der Waals surface area contributed by atoms with E-state index in [9.17, 15) is 18.3 Å². The zero-order chi connectivity index (χ0) is 11.5. The van der Waals surface area contributed by atoms with Crippen LogP contribution in [0, 0.1) is 0 Å². The number of allylic oxidation sites excluding steroid dienone is 1. The van der Waals surface area contributed by atoms with E-state index in [0.717, 1.165) is 13.0 Å². The van der Waals surface area contributed by atoms with E-state index in [1.165, 1.54) is 0 Å². The summed E-state index contributed by atoms with van der Waals surface area (Å²) in [5.41, 5.74) is -0.347. The topological polar surface area (TPSA) is 20.2 Å². The van der Waals surface area contributed by atoms with E-state index in [0.29, 0.717) is 5.56 Å². The van der Waals surface area contributed by atoms with Crippen molar-refractivity contribution < 1.29 is 18.3 Å². The maximum absolute atomic E-state index is 12.1. The number of hydrogen-bond acceptors (Lipinski definition) is 1. The van der Waals surface area contributed by atoms with Crippen molar-refractivity contribution >= 4 is 0 Å². The highest BCUT2D eigenvalue weighted by Crippen LogP contribution is 2.27. The quantitative estimate of drug-likeness (QED) is 0.752. The molecule has 0 aliphatic carbocycles. The normalized spacial score (nSPS) is 15.1. The summed E-state index contributed by atoms with van der Waals surface area (Å²) in [4.78, 5) is 0. The van der Waals surface area contributed by atoms with Crippen molar-refractivity contribution in [3.8, 4) is 0 Å². The molecule has 0 saturated carbocycles. The van der Waals surface area contributed by atoms with Gasteiger partial charge in [-0.05, 0) is 18.6 Å². The predicted octanol–water partition coefficient (Wildman–Crippen LogP) is 3.23. The fraction of sp³-hybridized carbons (Fsp3) is 0.273. The van der Waals surface area contributed by atoms with Gasteiger partial charge in [-0.1, -0.05) is 30.3 Å². The molecule has 0 saturated heterocycles. The van der Waals surface area contributed by atoms with Crippen LogP contribution in [0.4, 0.5) is 13.2 Å². The van der Waals surface area contributed by atoms with E-state index in [-0.39, 0.29) is 0 Å². The summed E-state index contributed by atoms with van der Waals surface area (Å²) in [5.74, 6) is 0. The van der Waals surface area contributed by atoms with Crippen LogP contribution in [0.2, 0.25) is 0 Å². The molecule has 0 fully saturated rings. The van der Waals surface area contributed by atoms with Gasteiger partial charge >= 0.3 is 6.18 Å². The fourth-order valence-electron chi connectivity index (χ4n) is 1.08. The Morgan fingerprint density at radius 3 is 2.27 bits per heavy atom. The first-order valence-electron chi connectivity index (χ1n) is 4.40. The van der Waals surface area contributed by atoms with Crippen LogP contribution in [0.15, 0.2) is 42.0 Å². The first-order valence-corrected chi connectivity index (χ1v) is 4.40. The molecule has 1 rings (SSSR count). The lowest BCUT2D eigenvalue weighted by Crippen LogP contribution is -2.10. The number of benzene rings is 1. The molecular formula is C11H11F3O. The Morgan fingerprint density at radius 1 is 1.27 bits per heavy atom. The van der Waals surface area contributed by atoms with Crippen molar-refractivity contribution in [3.63, 3.8) is 0 Å². The first kappa shape index (κ1) is 11.8. The molecule has 1 aromatic rings. The largest absolute Gasteiger partial charge is 0.412 e. The van der Waals surface area contributed by atoms with Crippen LogP contribution in [-0.4, -0.2) is 11.3 Å². The molecule has 0 aliphatic rings. The molecule has 82 valence electrons. The average molecular weight is 216 g/mol. The zero-order valence-electron chi connectivity index (χ0n) is 8.12. The van der Waals surface area contributed by atoms with E-state index in [4.69, 9.17) is 0 Å². The Kier molecular flexibility index (Phi) is 3.52. The predicted molar refractivity (Wildman–Crippen MR) is 51.2 cm³/mol. The van der Waals surface area contributed by atoms with Gasteiger partial charge in [0.1, 0.15) is 0 Å². The van der Waals surface area contributed by atoms with Gasteiger partial charge in [-0.3, -0.25) is 0 Å². The monoisotopic (exact) mass is 216 g/mol. The number of aliphatic hydroxyl groups excluding tert-OH is 1. The highest BCUT2D eigenvalue weighted by atomic mass is 19.4. The lowest BCUT2D eigenvalue weighted by molar-refractivity contribution is -0.0922. The van der Waals surface area contributed by atoms with Gasteiger partial charge in [0.2, 0.25) is 0 Å². The van der Waals surface area contributed by atoms with Gasteiger partial charge < -0.3 is 5.11 Å². The standard InChI is InChI=1S/C11H11F3O/c1-8(11(12,13)14)7-10(15)9-5-3-2-4-6-9/h2-7,10,15H,1H3/b8-7+. The summed E-state index contributed by atoms with van der Waals surface area (Å²) in [6.45, 7) is 0.937. The van der Waals surface area contributed by atoms with Crippen molar-refractivity contribution in [2.45, 2.75) is 19.2 Å². The van der Waals surface area contributed by atoms with Gasteiger partial charge in [-0.15, -0.1) is 0 Å². The van der Waals surface area contributed by atoms with Crippen LogP contribution < -0.4 is 0 Å². The molecule has 1 atom stereocenters. The maximum atomic E-state index is 12.1. The summed E-state index contributed by atoms with van der Waals surface area (Å²) >= 11 is 0. The molecule has 15 heavy (non-hydrogen) atoms. The Bertz CT molecular complexity index is 341. The lowest BCUT2D eigenvalue weighted by Gasteiger charge is -2.10. The van der Waals surface area contributed by atoms with E-state index in [2.05, 4.69) is 0 Å². The van der Waals surface area contributed by atoms with Gasteiger partial charge in [0.05, 0.1) is 6.10 Å². The highest BCUT2D eigenvalue weighted by molar-refractivity contribution is 5.23. The van der Waals surface area contributed by atoms with Gasteiger partial charge in [-0.25, -0.2) is 0 Å². The molecule has 0 aliphatic heterocycles. The molecular weight excluding hydrogens is 205 g/mol. The Balaban J connectivity index is 2.84. The molecule has 0 heterocycles. The molecule has 0 bridgehead atoms. The molecule has 1 N–H and O–H groups in total. The van der Waals surface area contributed by atoms with Crippen LogP contribution >= 0.6 is 0 Å². The van der Waals surface area contributed by atoms with E-state index < -0.39 is 17.9 Å². The minimum Gasteiger partial charge on any atom is -0.384 e. The van der Waals surface area contributed by atoms with Crippen LogP contribution in [0.1, 0.15) is 18.6 Å². The molecule has 0 amide bonds. The molecule has 0 spiro atoms. The molecule has 4 heteroatoms. The van der Waals surface area contributed by atoms with Gasteiger partial charge in [0, 0.05) is 5.57 Å². The number of alkyl halides is 3. The van der Waals surface area contributed by atoms with Crippen molar-refractivity contribution in [2.24, 2.45) is 0 Å². The van der Waals surface area contributed by atoms with Crippen molar-refractivity contribution in [1.29, 1.82) is 0 Å². The third kappa shape index (κ3) is 3.40. The second-order valence-electron chi connectivity index (χ2n) is 3.20. The minimum absolute atomic E-state index is 0.445. The van der Waals surface area contributed by atoms with Crippen molar-refractivity contribution in [2.75, 3.05) is 0 Å². The number of aliphatic hydroxyl groups is 1. The molecule has 1 nitrogen and oxygen atoms in total. The fourth-order valence-corrected chi connectivity index (χ4v) is 1.08. The Labute approximate surface area is 85.9 Å². The first-order chi connectivity index (χ1) is 6.91. The smallest absolute Gasteiger partial charge is 0.384 e. The highest BCUT2D eigenvalue weighted by Gasteiger charge is 2.30. The van der Waals surface area contributed by atoms with Gasteiger partial charge in [0.15, 0.2) is 0 Å². The molecule has 0 radical (unpaired) electrons. The van der Waals surface area contributed by atoms with E-state index in [1.54, 1.807) is 30.3 Å².